The topological polar surface area (TPSA) is 35.5 Å². The Morgan fingerprint density at radius 3 is 2.73 bits per heavy atom. The summed E-state index contributed by atoms with van der Waals surface area (Å²) in [5, 5.41) is 12.8. The molecule has 0 spiro atoms. The quantitative estimate of drug-likeness (QED) is 0.767. The number of nitrogens with one attached hydrogen (secondary N) is 1. The van der Waals surface area contributed by atoms with Gasteiger partial charge in [-0.15, -0.1) is 0 Å². The molecule has 0 bridgehead atoms. The van der Waals surface area contributed by atoms with Gasteiger partial charge in [-0.3, -0.25) is 0 Å². The van der Waals surface area contributed by atoms with Crippen molar-refractivity contribution in [2.45, 2.75) is 13.3 Å². The maximum Gasteiger partial charge on any atom is 0.116 e. The van der Waals surface area contributed by atoms with Crippen molar-refractivity contribution >= 4 is 5.69 Å². The predicted octanol–water partition coefficient (Wildman–Crippen LogP) is 1.36. The summed E-state index contributed by atoms with van der Waals surface area (Å²) in [5.74, 6) is 0.366. The monoisotopic (exact) mass is 206 g/mol. The Morgan fingerprint density at radius 2 is 2.07 bits per heavy atom. The van der Waals surface area contributed by atoms with Gasteiger partial charge in [-0.05, 0) is 30.2 Å². The van der Waals surface area contributed by atoms with Gasteiger partial charge >= 0.3 is 0 Å². The number of nitrogens with zero attached hydrogens (tertiary/aromatic N) is 1. The van der Waals surface area contributed by atoms with Gasteiger partial charge in [-0.2, -0.15) is 0 Å². The molecule has 2 N–H and O–H groups in total. The highest BCUT2D eigenvalue weighted by Crippen LogP contribution is 2.25. The van der Waals surface area contributed by atoms with Crippen molar-refractivity contribution in [1.82, 2.24) is 5.32 Å². The van der Waals surface area contributed by atoms with Gasteiger partial charge in [0.25, 0.3) is 0 Å². The SMILES string of the molecule is CCc1cc(O)ccc1N1CCNCC1. The molecule has 1 aromatic rings. The number of hydrogen-bond acceptors (Lipinski definition) is 3. The van der Waals surface area contributed by atoms with Gasteiger partial charge in [0.15, 0.2) is 0 Å². The van der Waals surface area contributed by atoms with E-state index in [1.165, 1.54) is 11.3 Å². The number of benzene rings is 1. The van der Waals surface area contributed by atoms with Gasteiger partial charge in [0.1, 0.15) is 5.75 Å². The van der Waals surface area contributed by atoms with Crippen LogP contribution in [0.5, 0.6) is 5.75 Å². The van der Waals surface area contributed by atoms with E-state index in [-0.39, 0.29) is 0 Å². The number of aromatic hydroxyl groups is 1. The van der Waals surface area contributed by atoms with Crippen molar-refractivity contribution in [3.8, 4) is 5.75 Å². The average molecular weight is 206 g/mol. The van der Waals surface area contributed by atoms with Crippen molar-refractivity contribution in [3.05, 3.63) is 23.8 Å². The van der Waals surface area contributed by atoms with Crippen LogP contribution in [0, 0.1) is 0 Å². The van der Waals surface area contributed by atoms with Crippen LogP contribution in [0.15, 0.2) is 18.2 Å². The molecule has 0 saturated carbocycles. The molecule has 82 valence electrons. The van der Waals surface area contributed by atoms with Crippen LogP contribution in [0.1, 0.15) is 12.5 Å². The molecular weight excluding hydrogens is 188 g/mol. The fourth-order valence-corrected chi connectivity index (χ4v) is 2.07. The van der Waals surface area contributed by atoms with Gasteiger partial charge in [-0.25, -0.2) is 0 Å². The van der Waals surface area contributed by atoms with E-state index in [4.69, 9.17) is 0 Å². The molecule has 15 heavy (non-hydrogen) atoms. The van der Waals surface area contributed by atoms with Crippen LogP contribution < -0.4 is 10.2 Å². The molecule has 1 fully saturated rings. The van der Waals surface area contributed by atoms with E-state index in [0.717, 1.165) is 32.6 Å². The summed E-state index contributed by atoms with van der Waals surface area (Å²) in [6, 6.07) is 5.67. The molecule has 1 aliphatic rings. The van der Waals surface area contributed by atoms with Crippen molar-refractivity contribution in [3.63, 3.8) is 0 Å². The zero-order chi connectivity index (χ0) is 10.7. The number of phenols is 1. The lowest BCUT2D eigenvalue weighted by Gasteiger charge is -2.31. The van der Waals surface area contributed by atoms with Gasteiger partial charge < -0.3 is 15.3 Å². The highest BCUT2D eigenvalue weighted by atomic mass is 16.3. The zero-order valence-electron chi connectivity index (χ0n) is 9.16. The van der Waals surface area contributed by atoms with Crippen LogP contribution in [0.4, 0.5) is 5.69 Å². The summed E-state index contributed by atoms with van der Waals surface area (Å²) in [6.45, 7) is 6.32. The normalized spacial score (nSPS) is 16.7. The third kappa shape index (κ3) is 2.23. The van der Waals surface area contributed by atoms with E-state index in [9.17, 15) is 5.11 Å². The van der Waals surface area contributed by atoms with E-state index >= 15 is 0 Å². The van der Waals surface area contributed by atoms with Crippen LogP contribution in [0.3, 0.4) is 0 Å². The molecule has 1 aromatic carbocycles. The minimum Gasteiger partial charge on any atom is -0.508 e. The van der Waals surface area contributed by atoms with Crippen LogP contribution >= 0.6 is 0 Å². The maximum absolute atomic E-state index is 9.44. The highest BCUT2D eigenvalue weighted by Gasteiger charge is 2.13. The molecule has 1 aliphatic heterocycles. The van der Waals surface area contributed by atoms with Crippen LogP contribution in [-0.4, -0.2) is 31.3 Å². The first-order chi connectivity index (χ1) is 7.31. The predicted molar refractivity (Wildman–Crippen MR) is 62.6 cm³/mol. The minimum absolute atomic E-state index is 0.366. The Morgan fingerprint density at radius 1 is 1.33 bits per heavy atom. The van der Waals surface area contributed by atoms with Gasteiger partial charge in [0.05, 0.1) is 0 Å². The first-order valence-corrected chi connectivity index (χ1v) is 5.59. The first-order valence-electron chi connectivity index (χ1n) is 5.59. The van der Waals surface area contributed by atoms with Gasteiger partial charge in [-0.1, -0.05) is 6.92 Å². The maximum atomic E-state index is 9.44. The molecule has 0 aliphatic carbocycles. The molecule has 3 heteroatoms. The summed E-state index contributed by atoms with van der Waals surface area (Å²) in [7, 11) is 0. The summed E-state index contributed by atoms with van der Waals surface area (Å²) < 4.78 is 0. The summed E-state index contributed by atoms with van der Waals surface area (Å²) in [6.07, 6.45) is 0.966. The Labute approximate surface area is 90.7 Å². The Hall–Kier alpha value is -1.22. The fourth-order valence-electron chi connectivity index (χ4n) is 2.07. The van der Waals surface area contributed by atoms with Crippen LogP contribution in [0.2, 0.25) is 0 Å². The van der Waals surface area contributed by atoms with E-state index < -0.39 is 0 Å². The number of phenolic OH excluding ortho intramolecular Hbond substituents is 1. The van der Waals surface area contributed by atoms with Crippen molar-refractivity contribution in [1.29, 1.82) is 0 Å². The summed E-state index contributed by atoms with van der Waals surface area (Å²) >= 11 is 0. The third-order valence-electron chi connectivity index (χ3n) is 2.90. The number of rotatable bonds is 2. The number of hydrogen-bond donors (Lipinski definition) is 2. The minimum atomic E-state index is 0.366. The molecule has 2 rings (SSSR count). The summed E-state index contributed by atoms with van der Waals surface area (Å²) in [5.41, 5.74) is 2.51. The van der Waals surface area contributed by atoms with Crippen LogP contribution in [-0.2, 0) is 6.42 Å². The molecule has 3 nitrogen and oxygen atoms in total. The van der Waals surface area contributed by atoms with Crippen molar-refractivity contribution in [2.75, 3.05) is 31.1 Å². The van der Waals surface area contributed by atoms with Crippen molar-refractivity contribution in [2.24, 2.45) is 0 Å². The Kier molecular flexibility index (Phi) is 3.11. The fraction of sp³-hybridized carbons (Fsp3) is 0.500. The van der Waals surface area contributed by atoms with E-state index in [1.807, 2.05) is 12.1 Å². The molecule has 0 aromatic heterocycles. The molecule has 1 heterocycles. The standard InChI is InChI=1S/C12H18N2O/c1-2-10-9-11(15)3-4-12(10)14-7-5-13-6-8-14/h3-4,9,13,15H,2,5-8H2,1H3. The third-order valence-corrected chi connectivity index (χ3v) is 2.90. The average Bonchev–Trinajstić information content (AvgIpc) is 2.30. The first kappa shape index (κ1) is 10.3. The lowest BCUT2D eigenvalue weighted by molar-refractivity contribution is 0.474. The molecule has 1 saturated heterocycles. The van der Waals surface area contributed by atoms with E-state index in [1.54, 1.807) is 6.07 Å². The lowest BCUT2D eigenvalue weighted by atomic mass is 10.1. The second kappa shape index (κ2) is 4.53. The largest absolute Gasteiger partial charge is 0.508 e. The van der Waals surface area contributed by atoms with Crippen molar-refractivity contribution < 1.29 is 5.11 Å². The van der Waals surface area contributed by atoms with E-state index in [2.05, 4.69) is 17.1 Å². The van der Waals surface area contributed by atoms with Crippen LogP contribution in [0.25, 0.3) is 0 Å². The lowest BCUT2D eigenvalue weighted by Crippen LogP contribution is -2.43. The highest BCUT2D eigenvalue weighted by molar-refractivity contribution is 5.56. The summed E-state index contributed by atoms with van der Waals surface area (Å²) in [4.78, 5) is 2.38. The molecule has 0 unspecified atom stereocenters. The number of anilines is 1. The molecule has 0 radical (unpaired) electrons. The number of aryl methyl sites for hydroxylation is 1. The smallest absolute Gasteiger partial charge is 0.116 e. The van der Waals surface area contributed by atoms with Gasteiger partial charge in [0.2, 0.25) is 0 Å². The molecular formula is C12H18N2O. The zero-order valence-corrected chi connectivity index (χ0v) is 9.16. The molecule has 0 amide bonds. The Bertz CT molecular complexity index is 332. The second-order valence-electron chi connectivity index (χ2n) is 3.90. The second-order valence-corrected chi connectivity index (χ2v) is 3.90. The molecule has 0 atom stereocenters. The van der Waals surface area contributed by atoms with Gasteiger partial charge in [0, 0.05) is 31.9 Å². The van der Waals surface area contributed by atoms with E-state index in [0.29, 0.717) is 5.75 Å². The number of piperazine rings is 1. The Balaban J connectivity index is 2.25.